The SMILES string of the molecule is COC(=O)c1c(NC(=O)C(=O)NN=C(C)c2ccc(Cl)s2)sc2c1CCCC2. The molecule has 10 heteroatoms. The summed E-state index contributed by atoms with van der Waals surface area (Å²) in [5.41, 5.74) is 4.00. The fraction of sp³-hybridized carbons (Fsp3) is 0.333. The van der Waals surface area contributed by atoms with Crippen molar-refractivity contribution in [3.8, 4) is 0 Å². The Morgan fingerprint density at radius 2 is 1.89 bits per heavy atom. The number of anilines is 1. The van der Waals surface area contributed by atoms with E-state index in [9.17, 15) is 14.4 Å². The van der Waals surface area contributed by atoms with Crippen molar-refractivity contribution in [3.63, 3.8) is 0 Å². The monoisotopic (exact) mass is 439 g/mol. The van der Waals surface area contributed by atoms with Gasteiger partial charge in [-0.15, -0.1) is 22.7 Å². The first-order chi connectivity index (χ1) is 13.4. The van der Waals surface area contributed by atoms with Crippen LogP contribution < -0.4 is 10.7 Å². The van der Waals surface area contributed by atoms with Gasteiger partial charge in [0.1, 0.15) is 5.00 Å². The van der Waals surface area contributed by atoms with E-state index in [4.69, 9.17) is 16.3 Å². The molecule has 3 rings (SSSR count). The van der Waals surface area contributed by atoms with Crippen molar-refractivity contribution in [2.75, 3.05) is 12.4 Å². The number of carbonyl (C=O) groups excluding carboxylic acids is 3. The normalized spacial score (nSPS) is 13.6. The van der Waals surface area contributed by atoms with E-state index >= 15 is 0 Å². The van der Waals surface area contributed by atoms with Gasteiger partial charge in [-0.2, -0.15) is 5.10 Å². The molecule has 0 atom stereocenters. The Morgan fingerprint density at radius 1 is 1.14 bits per heavy atom. The average Bonchev–Trinajstić information content (AvgIpc) is 3.28. The summed E-state index contributed by atoms with van der Waals surface area (Å²) in [5, 5.41) is 6.80. The minimum absolute atomic E-state index is 0.338. The molecule has 7 nitrogen and oxygen atoms in total. The summed E-state index contributed by atoms with van der Waals surface area (Å²) in [6.45, 7) is 1.70. The molecule has 2 amide bonds. The van der Waals surface area contributed by atoms with E-state index in [0.717, 1.165) is 41.0 Å². The number of amides is 2. The van der Waals surface area contributed by atoms with Crippen molar-refractivity contribution in [1.82, 2.24) is 5.43 Å². The molecule has 148 valence electrons. The van der Waals surface area contributed by atoms with Crippen molar-refractivity contribution in [2.24, 2.45) is 5.10 Å². The topological polar surface area (TPSA) is 96.9 Å². The van der Waals surface area contributed by atoms with Gasteiger partial charge in [0.15, 0.2) is 0 Å². The molecule has 2 aromatic heterocycles. The summed E-state index contributed by atoms with van der Waals surface area (Å²) in [7, 11) is 1.29. The van der Waals surface area contributed by atoms with Crippen LogP contribution in [0.15, 0.2) is 17.2 Å². The summed E-state index contributed by atoms with van der Waals surface area (Å²) in [4.78, 5) is 38.4. The van der Waals surface area contributed by atoms with Crippen molar-refractivity contribution in [2.45, 2.75) is 32.6 Å². The number of esters is 1. The van der Waals surface area contributed by atoms with Crippen LogP contribution in [0.2, 0.25) is 4.34 Å². The molecule has 0 saturated heterocycles. The second-order valence-corrected chi connectivity index (χ2v) is 8.92. The Kier molecular flexibility index (Phi) is 6.48. The van der Waals surface area contributed by atoms with Crippen LogP contribution in [0.3, 0.4) is 0 Å². The summed E-state index contributed by atoms with van der Waals surface area (Å²) < 4.78 is 5.46. The molecular formula is C18H18ClN3O4S2. The van der Waals surface area contributed by atoms with Crippen molar-refractivity contribution >= 4 is 62.8 Å². The van der Waals surface area contributed by atoms with Gasteiger partial charge in [-0.05, 0) is 50.3 Å². The number of halogens is 1. The van der Waals surface area contributed by atoms with E-state index in [2.05, 4.69) is 15.8 Å². The molecule has 28 heavy (non-hydrogen) atoms. The van der Waals surface area contributed by atoms with E-state index < -0.39 is 17.8 Å². The molecule has 0 aromatic carbocycles. The Bertz CT molecular complexity index is 964. The van der Waals surface area contributed by atoms with Gasteiger partial charge in [0.2, 0.25) is 0 Å². The third-order valence-corrected chi connectivity index (χ3v) is 6.80. The molecule has 2 N–H and O–H groups in total. The Balaban J connectivity index is 1.73. The maximum Gasteiger partial charge on any atom is 0.341 e. The third kappa shape index (κ3) is 4.43. The number of hydrogen-bond donors (Lipinski definition) is 2. The summed E-state index contributed by atoms with van der Waals surface area (Å²) >= 11 is 8.51. The van der Waals surface area contributed by atoms with Crippen LogP contribution >= 0.6 is 34.3 Å². The molecule has 0 saturated carbocycles. The standard InChI is InChI=1S/C18H18ClN3O4S2/c1-9(11-7-8-13(19)27-11)21-22-16(24)15(23)20-17-14(18(25)26-2)10-5-3-4-6-12(10)28-17/h7-8H,3-6H2,1-2H3,(H,20,23)(H,22,24). The number of nitrogens with one attached hydrogen (secondary N) is 2. The Labute approximate surface area is 174 Å². The van der Waals surface area contributed by atoms with Crippen LogP contribution in [0.1, 0.15) is 45.4 Å². The van der Waals surface area contributed by atoms with E-state index in [1.54, 1.807) is 19.1 Å². The molecule has 0 radical (unpaired) electrons. The summed E-state index contributed by atoms with van der Waals surface area (Å²) in [6.07, 6.45) is 3.61. The molecule has 2 aromatic rings. The Morgan fingerprint density at radius 3 is 2.57 bits per heavy atom. The molecule has 1 aliphatic rings. The lowest BCUT2D eigenvalue weighted by Gasteiger charge is -2.11. The molecule has 2 heterocycles. The quantitative estimate of drug-likeness (QED) is 0.329. The van der Waals surface area contributed by atoms with Crippen LogP contribution in [0, 0.1) is 0 Å². The van der Waals surface area contributed by atoms with Gasteiger partial charge in [0.25, 0.3) is 0 Å². The zero-order valence-electron chi connectivity index (χ0n) is 15.3. The van der Waals surface area contributed by atoms with E-state index in [1.807, 2.05) is 0 Å². The minimum Gasteiger partial charge on any atom is -0.465 e. The molecular weight excluding hydrogens is 422 g/mol. The number of hydrogen-bond acceptors (Lipinski definition) is 7. The molecule has 1 aliphatic carbocycles. The number of thiophene rings is 2. The van der Waals surface area contributed by atoms with Crippen LogP contribution in [0.5, 0.6) is 0 Å². The second kappa shape index (κ2) is 8.85. The number of aryl methyl sites for hydroxylation is 1. The van der Waals surface area contributed by atoms with Gasteiger partial charge in [-0.25, -0.2) is 10.2 Å². The number of methoxy groups -OCH3 is 1. The number of hydrazone groups is 1. The highest BCUT2D eigenvalue weighted by Gasteiger charge is 2.28. The lowest BCUT2D eigenvalue weighted by molar-refractivity contribution is -0.136. The van der Waals surface area contributed by atoms with Gasteiger partial charge in [0.05, 0.1) is 27.6 Å². The van der Waals surface area contributed by atoms with Gasteiger partial charge in [-0.3, -0.25) is 9.59 Å². The number of rotatable bonds is 4. The highest BCUT2D eigenvalue weighted by Crippen LogP contribution is 2.38. The minimum atomic E-state index is -0.927. The summed E-state index contributed by atoms with van der Waals surface area (Å²) in [6, 6.07) is 3.50. The fourth-order valence-electron chi connectivity index (χ4n) is 2.88. The lowest BCUT2D eigenvalue weighted by atomic mass is 9.95. The zero-order chi connectivity index (χ0) is 20.3. The van der Waals surface area contributed by atoms with Gasteiger partial charge in [0, 0.05) is 4.88 Å². The van der Waals surface area contributed by atoms with Crippen LogP contribution in [0.25, 0.3) is 0 Å². The average molecular weight is 440 g/mol. The first-order valence-electron chi connectivity index (χ1n) is 8.55. The maximum absolute atomic E-state index is 12.3. The van der Waals surface area contributed by atoms with Crippen LogP contribution in [-0.4, -0.2) is 30.6 Å². The zero-order valence-corrected chi connectivity index (χ0v) is 17.6. The van der Waals surface area contributed by atoms with Gasteiger partial charge >= 0.3 is 17.8 Å². The van der Waals surface area contributed by atoms with Crippen molar-refractivity contribution < 1.29 is 19.1 Å². The third-order valence-electron chi connectivity index (χ3n) is 4.25. The predicted octanol–water partition coefficient (Wildman–Crippen LogP) is 3.61. The van der Waals surface area contributed by atoms with Crippen molar-refractivity contribution in [3.05, 3.63) is 37.4 Å². The van der Waals surface area contributed by atoms with E-state index in [0.29, 0.717) is 20.6 Å². The first kappa shape index (κ1) is 20.5. The number of fused-ring (bicyclic) bond motifs is 1. The lowest BCUT2D eigenvalue weighted by Crippen LogP contribution is -2.33. The summed E-state index contributed by atoms with van der Waals surface area (Å²) in [5.74, 6) is -2.34. The molecule has 0 aliphatic heterocycles. The second-order valence-electron chi connectivity index (χ2n) is 6.10. The van der Waals surface area contributed by atoms with Gasteiger partial charge < -0.3 is 10.1 Å². The van der Waals surface area contributed by atoms with E-state index in [1.165, 1.54) is 29.8 Å². The smallest absolute Gasteiger partial charge is 0.341 e. The number of ether oxygens (including phenoxy) is 1. The van der Waals surface area contributed by atoms with E-state index in [-0.39, 0.29) is 0 Å². The number of carbonyl (C=O) groups is 3. The highest BCUT2D eigenvalue weighted by molar-refractivity contribution is 7.18. The van der Waals surface area contributed by atoms with Crippen molar-refractivity contribution in [1.29, 1.82) is 0 Å². The van der Waals surface area contributed by atoms with Gasteiger partial charge in [-0.1, -0.05) is 11.6 Å². The molecule has 0 fully saturated rings. The number of nitrogens with zero attached hydrogens (tertiary/aromatic N) is 1. The fourth-order valence-corrected chi connectivity index (χ4v) is 5.14. The molecule has 0 unspecified atom stereocenters. The largest absolute Gasteiger partial charge is 0.465 e. The predicted molar refractivity (Wildman–Crippen MR) is 111 cm³/mol. The molecule has 0 bridgehead atoms. The maximum atomic E-state index is 12.3. The first-order valence-corrected chi connectivity index (χ1v) is 10.6. The Hall–Kier alpha value is -2.23. The molecule has 0 spiro atoms. The highest BCUT2D eigenvalue weighted by atomic mass is 35.5. The van der Waals surface area contributed by atoms with Crippen LogP contribution in [-0.2, 0) is 27.2 Å². The van der Waals surface area contributed by atoms with Crippen LogP contribution in [0.4, 0.5) is 5.00 Å².